The van der Waals surface area contributed by atoms with Crippen LogP contribution in [0.3, 0.4) is 0 Å². The molecule has 1 aliphatic heterocycles. The summed E-state index contributed by atoms with van der Waals surface area (Å²) in [7, 11) is 1.99. The molecule has 1 aliphatic rings. The van der Waals surface area contributed by atoms with E-state index in [4.69, 9.17) is 10.1 Å². The number of fused-ring (bicyclic) bond motifs is 4. The summed E-state index contributed by atoms with van der Waals surface area (Å²) < 4.78 is 3.93. The predicted molar refractivity (Wildman–Crippen MR) is 138 cm³/mol. The third-order valence-electron chi connectivity index (χ3n) is 6.87. The number of benzene rings is 2. The summed E-state index contributed by atoms with van der Waals surface area (Å²) in [5.74, 6) is 0.917. The number of piperidine rings is 1. The molecule has 5 aromatic rings. The summed E-state index contributed by atoms with van der Waals surface area (Å²) in [6.07, 6.45) is 7.21. The van der Waals surface area contributed by atoms with Crippen LogP contribution in [0.2, 0.25) is 0 Å². The first kappa shape index (κ1) is 20.7. The van der Waals surface area contributed by atoms with Gasteiger partial charge in [0.1, 0.15) is 11.5 Å². The summed E-state index contributed by atoms with van der Waals surface area (Å²) in [5, 5.41) is 5.77. The monoisotopic (exact) mass is 449 g/mol. The van der Waals surface area contributed by atoms with Gasteiger partial charge in [0.15, 0.2) is 5.78 Å². The molecule has 0 unspecified atom stereocenters. The molecule has 2 aromatic carbocycles. The predicted octanol–water partition coefficient (Wildman–Crippen LogP) is 5.57. The van der Waals surface area contributed by atoms with Crippen molar-refractivity contribution >= 4 is 45.3 Å². The molecule has 6 heteroatoms. The lowest BCUT2D eigenvalue weighted by molar-refractivity contribution is 0.104. The number of imidazole rings is 1. The van der Waals surface area contributed by atoms with Crippen LogP contribution in [0.25, 0.3) is 33.7 Å². The zero-order chi connectivity index (χ0) is 23.2. The lowest BCUT2D eigenvalue weighted by Crippen LogP contribution is -2.30. The number of carbonyl (C=O) groups is 1. The van der Waals surface area contributed by atoms with Gasteiger partial charge in [-0.25, -0.2) is 9.50 Å². The molecule has 170 valence electrons. The number of nitrogens with zero attached hydrogens (tertiary/aromatic N) is 5. The molecular formula is C28H27N5O. The van der Waals surface area contributed by atoms with Crippen LogP contribution in [-0.2, 0) is 7.05 Å². The summed E-state index contributed by atoms with van der Waals surface area (Å²) in [6.45, 7) is 3.90. The van der Waals surface area contributed by atoms with Gasteiger partial charge in [-0.05, 0) is 62.6 Å². The highest BCUT2D eigenvalue weighted by atomic mass is 16.1. The van der Waals surface area contributed by atoms with E-state index in [0.717, 1.165) is 57.7 Å². The van der Waals surface area contributed by atoms with Crippen molar-refractivity contribution in [1.29, 1.82) is 0 Å². The first-order valence-electron chi connectivity index (χ1n) is 11.9. The van der Waals surface area contributed by atoms with Crippen LogP contribution in [0, 0.1) is 6.92 Å². The fourth-order valence-corrected chi connectivity index (χ4v) is 5.17. The Balaban J connectivity index is 1.44. The zero-order valence-electron chi connectivity index (χ0n) is 19.5. The van der Waals surface area contributed by atoms with Gasteiger partial charge in [0.2, 0.25) is 0 Å². The normalized spacial score (nSPS) is 14.7. The third-order valence-corrected chi connectivity index (χ3v) is 6.87. The minimum absolute atomic E-state index is 0.0452. The molecule has 34 heavy (non-hydrogen) atoms. The Morgan fingerprint density at radius 1 is 0.971 bits per heavy atom. The molecule has 0 N–H and O–H groups in total. The first-order chi connectivity index (χ1) is 16.6. The average molecular weight is 450 g/mol. The van der Waals surface area contributed by atoms with E-state index in [1.165, 1.54) is 19.3 Å². The average Bonchev–Trinajstić information content (AvgIpc) is 3.36. The fraction of sp³-hybridized carbons (Fsp3) is 0.250. The lowest BCUT2D eigenvalue weighted by atomic mass is 10.1. The van der Waals surface area contributed by atoms with Gasteiger partial charge in [0.25, 0.3) is 0 Å². The molecule has 1 saturated heterocycles. The van der Waals surface area contributed by atoms with Crippen LogP contribution in [0.4, 0.5) is 5.82 Å². The fourth-order valence-electron chi connectivity index (χ4n) is 5.17. The maximum absolute atomic E-state index is 13.5. The molecule has 0 atom stereocenters. The largest absolute Gasteiger partial charge is 0.356 e. The van der Waals surface area contributed by atoms with E-state index in [2.05, 4.69) is 29.2 Å². The molecule has 0 aliphatic carbocycles. The Kier molecular flexibility index (Phi) is 4.94. The van der Waals surface area contributed by atoms with Gasteiger partial charge in [-0.2, -0.15) is 5.10 Å². The van der Waals surface area contributed by atoms with Crippen molar-refractivity contribution in [2.45, 2.75) is 26.2 Å². The number of allylic oxidation sites excluding steroid dienone is 1. The molecule has 0 spiro atoms. The molecule has 1 fully saturated rings. The van der Waals surface area contributed by atoms with Crippen molar-refractivity contribution in [2.75, 3.05) is 18.0 Å². The van der Waals surface area contributed by atoms with Gasteiger partial charge < -0.3 is 9.47 Å². The van der Waals surface area contributed by atoms with E-state index >= 15 is 0 Å². The van der Waals surface area contributed by atoms with Crippen LogP contribution in [0.15, 0.2) is 60.7 Å². The minimum atomic E-state index is -0.0452. The lowest BCUT2D eigenvalue weighted by Gasteiger charge is -2.29. The van der Waals surface area contributed by atoms with Gasteiger partial charge in [-0.15, -0.1) is 0 Å². The minimum Gasteiger partial charge on any atom is -0.356 e. The maximum Gasteiger partial charge on any atom is 0.191 e. The maximum atomic E-state index is 13.5. The highest BCUT2D eigenvalue weighted by Crippen LogP contribution is 2.29. The molecule has 0 saturated carbocycles. The highest BCUT2D eigenvalue weighted by molar-refractivity contribution is 6.12. The number of carbonyl (C=O) groups excluding carboxylic acids is 1. The molecule has 0 amide bonds. The summed E-state index contributed by atoms with van der Waals surface area (Å²) in [5.41, 5.74) is 6.21. The summed E-state index contributed by atoms with van der Waals surface area (Å²) >= 11 is 0. The van der Waals surface area contributed by atoms with Crippen LogP contribution >= 0.6 is 0 Å². The number of anilines is 1. The van der Waals surface area contributed by atoms with Crippen LogP contribution in [0.1, 0.15) is 40.9 Å². The van der Waals surface area contributed by atoms with Crippen molar-refractivity contribution in [1.82, 2.24) is 19.2 Å². The molecule has 0 radical (unpaired) electrons. The number of hydrogen-bond acceptors (Lipinski definition) is 4. The number of rotatable bonds is 4. The highest BCUT2D eigenvalue weighted by Gasteiger charge is 2.21. The van der Waals surface area contributed by atoms with Crippen LogP contribution in [-0.4, -0.2) is 38.0 Å². The number of aryl methyl sites for hydroxylation is 2. The van der Waals surface area contributed by atoms with Crippen LogP contribution < -0.4 is 4.90 Å². The number of ketones is 1. The number of pyridine rings is 1. The van der Waals surface area contributed by atoms with Crippen LogP contribution in [0.5, 0.6) is 0 Å². The van der Waals surface area contributed by atoms with Crippen molar-refractivity contribution in [2.24, 2.45) is 7.05 Å². The zero-order valence-corrected chi connectivity index (χ0v) is 19.5. The molecule has 3 aromatic heterocycles. The van der Waals surface area contributed by atoms with E-state index in [1.54, 1.807) is 6.08 Å². The Morgan fingerprint density at radius 3 is 2.53 bits per heavy atom. The third kappa shape index (κ3) is 3.29. The van der Waals surface area contributed by atoms with Crippen molar-refractivity contribution in [3.63, 3.8) is 0 Å². The van der Waals surface area contributed by atoms with Gasteiger partial charge >= 0.3 is 0 Å². The van der Waals surface area contributed by atoms with E-state index in [9.17, 15) is 4.79 Å². The van der Waals surface area contributed by atoms with E-state index in [-0.39, 0.29) is 5.78 Å². The molecule has 6 nitrogen and oxygen atoms in total. The van der Waals surface area contributed by atoms with Crippen molar-refractivity contribution in [3.05, 3.63) is 77.5 Å². The first-order valence-corrected chi connectivity index (χ1v) is 11.9. The molecule has 0 bridgehead atoms. The number of hydrogen-bond donors (Lipinski definition) is 0. The Labute approximate surface area is 198 Å². The van der Waals surface area contributed by atoms with Crippen molar-refractivity contribution in [3.8, 4) is 0 Å². The second kappa shape index (κ2) is 8.13. The quantitative estimate of drug-likeness (QED) is 0.266. The Hall–Kier alpha value is -3.93. The van der Waals surface area contributed by atoms with Gasteiger partial charge in [-0.3, -0.25) is 4.79 Å². The number of aromatic nitrogens is 4. The second-order valence-corrected chi connectivity index (χ2v) is 9.08. The molecular weight excluding hydrogens is 422 g/mol. The van der Waals surface area contributed by atoms with E-state index in [1.807, 2.05) is 59.5 Å². The Morgan fingerprint density at radius 2 is 1.71 bits per heavy atom. The van der Waals surface area contributed by atoms with Gasteiger partial charge in [0.05, 0.1) is 27.8 Å². The molecule has 4 heterocycles. The number of para-hydroxylation sites is 3. The summed E-state index contributed by atoms with van der Waals surface area (Å²) in [4.78, 5) is 20.9. The topological polar surface area (TPSA) is 55.4 Å². The standard InChI is InChI=1S/C28H27N5O/c1-19-26(28-31(2)23-12-6-7-13-24(23)33(28)30-19)25(34)15-14-21-18-20-10-4-5-11-22(20)29-27(21)32-16-8-3-9-17-32/h4-7,10-15,18H,3,8-9,16-17H2,1-2H3/b15-14+. The molecule has 6 rings (SSSR count). The SMILES string of the molecule is Cc1nn2c3ccccc3n(C)c2c1C(=O)/C=C/c1cc2ccccc2nc1N1CCCCC1. The van der Waals surface area contributed by atoms with E-state index in [0.29, 0.717) is 5.56 Å². The van der Waals surface area contributed by atoms with Gasteiger partial charge in [-0.1, -0.05) is 30.3 Å². The smallest absolute Gasteiger partial charge is 0.191 e. The summed E-state index contributed by atoms with van der Waals surface area (Å²) in [6, 6.07) is 18.4. The van der Waals surface area contributed by atoms with Gasteiger partial charge in [0, 0.05) is 31.1 Å². The van der Waals surface area contributed by atoms with E-state index < -0.39 is 0 Å². The van der Waals surface area contributed by atoms with Crippen molar-refractivity contribution < 1.29 is 4.79 Å². The Bertz CT molecular complexity index is 1580. The second-order valence-electron chi connectivity index (χ2n) is 9.08.